The molecule has 0 radical (unpaired) electrons. The number of piperidine rings is 1. The summed E-state index contributed by atoms with van der Waals surface area (Å²) in [4.78, 5) is 12.1. The van der Waals surface area contributed by atoms with E-state index in [1.54, 1.807) is 0 Å². The molecular weight excluding hydrogens is 281 g/mol. The highest BCUT2D eigenvalue weighted by molar-refractivity contribution is 5.78. The fourth-order valence-corrected chi connectivity index (χ4v) is 3.43. The molecule has 122 valence electrons. The molecule has 2 N–H and O–H groups in total. The Morgan fingerprint density at radius 2 is 1.86 bits per heavy atom. The molecule has 0 aromatic heterocycles. The second kappa shape index (κ2) is 6.99. The minimum Gasteiger partial charge on any atom is -0.356 e. The van der Waals surface area contributed by atoms with Crippen molar-refractivity contribution < 1.29 is 18.0 Å². The molecule has 0 aromatic rings. The minimum atomic E-state index is -4.11. The highest BCUT2D eigenvalue weighted by atomic mass is 19.4. The van der Waals surface area contributed by atoms with Gasteiger partial charge in [0, 0.05) is 12.5 Å². The number of carbonyl (C=O) groups is 1. The number of hydrogen-bond acceptors (Lipinski definition) is 2. The molecule has 1 saturated carbocycles. The second-order valence-corrected chi connectivity index (χ2v) is 6.57. The monoisotopic (exact) mass is 306 g/mol. The van der Waals surface area contributed by atoms with Crippen molar-refractivity contribution in [3.05, 3.63) is 0 Å². The molecule has 0 bridgehead atoms. The summed E-state index contributed by atoms with van der Waals surface area (Å²) in [6, 6.07) is 0. The van der Waals surface area contributed by atoms with E-state index in [0.29, 0.717) is 31.2 Å². The Bertz CT molecular complexity index is 351. The lowest BCUT2D eigenvalue weighted by atomic mass is 9.81. The third kappa shape index (κ3) is 4.59. The number of nitrogens with one attached hydrogen (secondary N) is 2. The zero-order valence-corrected chi connectivity index (χ0v) is 12.5. The summed E-state index contributed by atoms with van der Waals surface area (Å²) in [5.41, 5.74) is 0. The van der Waals surface area contributed by atoms with E-state index >= 15 is 0 Å². The molecule has 2 fully saturated rings. The molecule has 6 heteroatoms. The quantitative estimate of drug-likeness (QED) is 0.842. The molecule has 2 rings (SSSR count). The molecule has 1 heterocycles. The molecule has 0 spiro atoms. The van der Waals surface area contributed by atoms with Gasteiger partial charge in [-0.3, -0.25) is 4.79 Å². The van der Waals surface area contributed by atoms with Gasteiger partial charge in [-0.2, -0.15) is 13.2 Å². The molecule has 1 aliphatic carbocycles. The molecule has 21 heavy (non-hydrogen) atoms. The van der Waals surface area contributed by atoms with Crippen LogP contribution in [0.25, 0.3) is 0 Å². The van der Waals surface area contributed by atoms with Gasteiger partial charge >= 0.3 is 6.18 Å². The van der Waals surface area contributed by atoms with Crippen LogP contribution in [-0.4, -0.2) is 31.7 Å². The smallest absolute Gasteiger partial charge is 0.356 e. The second-order valence-electron chi connectivity index (χ2n) is 6.57. The van der Waals surface area contributed by atoms with Gasteiger partial charge in [0.25, 0.3) is 0 Å². The van der Waals surface area contributed by atoms with Gasteiger partial charge in [-0.15, -0.1) is 0 Å². The van der Waals surface area contributed by atoms with Crippen molar-refractivity contribution >= 4 is 5.91 Å². The molecule has 2 atom stereocenters. The summed E-state index contributed by atoms with van der Waals surface area (Å²) in [5.74, 6) is -0.505. The topological polar surface area (TPSA) is 41.1 Å². The van der Waals surface area contributed by atoms with Crippen LogP contribution in [0.1, 0.15) is 39.0 Å². The summed E-state index contributed by atoms with van der Waals surface area (Å²) in [5, 5.41) is 6.27. The number of amides is 1. The van der Waals surface area contributed by atoms with Crippen molar-refractivity contribution in [1.29, 1.82) is 0 Å². The summed E-state index contributed by atoms with van der Waals surface area (Å²) < 4.78 is 37.8. The highest BCUT2D eigenvalue weighted by Gasteiger charge is 2.42. The first-order chi connectivity index (χ1) is 9.88. The lowest BCUT2D eigenvalue weighted by molar-refractivity contribution is -0.184. The first kappa shape index (κ1) is 16.6. The molecule has 2 unspecified atom stereocenters. The molecule has 3 nitrogen and oxygen atoms in total. The van der Waals surface area contributed by atoms with Gasteiger partial charge in [-0.1, -0.05) is 6.92 Å². The van der Waals surface area contributed by atoms with Crippen molar-refractivity contribution in [3.63, 3.8) is 0 Å². The van der Waals surface area contributed by atoms with Crippen molar-refractivity contribution in [2.24, 2.45) is 23.7 Å². The minimum absolute atomic E-state index is 0.0543. The van der Waals surface area contributed by atoms with E-state index in [1.165, 1.54) is 0 Å². The van der Waals surface area contributed by atoms with Gasteiger partial charge in [0.15, 0.2) is 0 Å². The standard InChI is InChI=1S/C15H25F3N2O/c1-10-8-19-7-6-12(10)9-20-14(21)11-2-4-13(5-3-11)15(16,17)18/h10-13,19H,2-9H2,1H3,(H,20,21). The average Bonchev–Trinajstić information content (AvgIpc) is 2.45. The third-order valence-electron chi connectivity index (χ3n) is 5.06. The van der Waals surface area contributed by atoms with E-state index in [4.69, 9.17) is 0 Å². The lowest BCUT2D eigenvalue weighted by Crippen LogP contribution is -2.43. The largest absolute Gasteiger partial charge is 0.391 e. The predicted molar refractivity (Wildman–Crippen MR) is 74.7 cm³/mol. The van der Waals surface area contributed by atoms with Crippen LogP contribution in [0, 0.1) is 23.7 Å². The first-order valence-corrected chi connectivity index (χ1v) is 7.93. The Labute approximate surface area is 124 Å². The van der Waals surface area contributed by atoms with Crippen LogP contribution in [-0.2, 0) is 4.79 Å². The Balaban J connectivity index is 1.72. The maximum absolute atomic E-state index is 12.6. The molecule has 1 aliphatic heterocycles. The van der Waals surface area contributed by atoms with Crippen LogP contribution in [0.3, 0.4) is 0 Å². The number of hydrogen-bond donors (Lipinski definition) is 2. The van der Waals surface area contributed by atoms with Gasteiger partial charge < -0.3 is 10.6 Å². The number of alkyl halides is 3. The molecule has 1 saturated heterocycles. The number of carbonyl (C=O) groups excluding carboxylic acids is 1. The van der Waals surface area contributed by atoms with E-state index < -0.39 is 12.1 Å². The van der Waals surface area contributed by atoms with Crippen molar-refractivity contribution in [2.75, 3.05) is 19.6 Å². The fourth-order valence-electron chi connectivity index (χ4n) is 3.43. The number of halogens is 3. The maximum atomic E-state index is 12.6. The van der Waals surface area contributed by atoms with Crippen LogP contribution in [0.15, 0.2) is 0 Å². The van der Waals surface area contributed by atoms with Gasteiger partial charge in [0.2, 0.25) is 5.91 Å². The van der Waals surface area contributed by atoms with Crippen LogP contribution in [0.5, 0.6) is 0 Å². The van der Waals surface area contributed by atoms with E-state index in [1.807, 2.05) is 0 Å². The SMILES string of the molecule is CC1CNCCC1CNC(=O)C1CCC(C(F)(F)F)CC1. The van der Waals surface area contributed by atoms with Gasteiger partial charge in [0.05, 0.1) is 5.92 Å². The Kier molecular flexibility index (Phi) is 5.52. The van der Waals surface area contributed by atoms with Crippen molar-refractivity contribution in [3.8, 4) is 0 Å². The van der Waals surface area contributed by atoms with E-state index in [9.17, 15) is 18.0 Å². The van der Waals surface area contributed by atoms with Gasteiger partial charge in [-0.05, 0) is 57.0 Å². The summed E-state index contributed by atoms with van der Waals surface area (Å²) >= 11 is 0. The fraction of sp³-hybridized carbons (Fsp3) is 0.933. The zero-order chi connectivity index (χ0) is 15.5. The molecule has 2 aliphatic rings. The van der Waals surface area contributed by atoms with E-state index in [-0.39, 0.29) is 24.7 Å². The van der Waals surface area contributed by atoms with E-state index in [0.717, 1.165) is 19.5 Å². The Morgan fingerprint density at radius 3 is 2.43 bits per heavy atom. The summed E-state index contributed by atoms with van der Waals surface area (Å²) in [7, 11) is 0. The average molecular weight is 306 g/mol. The Hall–Kier alpha value is -0.780. The highest BCUT2D eigenvalue weighted by Crippen LogP contribution is 2.39. The first-order valence-electron chi connectivity index (χ1n) is 7.93. The predicted octanol–water partition coefficient (Wildman–Crippen LogP) is 2.72. The zero-order valence-electron chi connectivity index (χ0n) is 12.5. The van der Waals surface area contributed by atoms with Crippen LogP contribution >= 0.6 is 0 Å². The third-order valence-corrected chi connectivity index (χ3v) is 5.06. The van der Waals surface area contributed by atoms with Crippen LogP contribution in [0.4, 0.5) is 13.2 Å². The van der Waals surface area contributed by atoms with Crippen molar-refractivity contribution in [2.45, 2.75) is 45.2 Å². The van der Waals surface area contributed by atoms with Crippen LogP contribution in [0.2, 0.25) is 0 Å². The lowest BCUT2D eigenvalue weighted by Gasteiger charge is -2.32. The summed E-state index contributed by atoms with van der Waals surface area (Å²) in [6.45, 7) is 4.76. The van der Waals surface area contributed by atoms with Gasteiger partial charge in [0.1, 0.15) is 0 Å². The number of rotatable bonds is 3. The maximum Gasteiger partial charge on any atom is 0.391 e. The van der Waals surface area contributed by atoms with Crippen LogP contribution < -0.4 is 10.6 Å². The molecular formula is C15H25F3N2O. The molecule has 0 aromatic carbocycles. The normalized spacial score (nSPS) is 34.5. The molecule has 1 amide bonds. The summed E-state index contributed by atoms with van der Waals surface area (Å²) in [6.07, 6.45) is -2.17. The van der Waals surface area contributed by atoms with Gasteiger partial charge in [-0.25, -0.2) is 0 Å². The van der Waals surface area contributed by atoms with E-state index in [2.05, 4.69) is 17.6 Å². The Morgan fingerprint density at radius 1 is 1.19 bits per heavy atom. The van der Waals surface area contributed by atoms with Crippen molar-refractivity contribution in [1.82, 2.24) is 10.6 Å².